The number of hydrogen-bond acceptors (Lipinski definition) is 2. The summed E-state index contributed by atoms with van der Waals surface area (Å²) in [5.41, 5.74) is 4.67. The smallest absolute Gasteiger partial charge is 0.186 e. The van der Waals surface area contributed by atoms with Crippen LogP contribution in [-0.2, 0) is 9.59 Å². The molecule has 2 heteroatoms. The van der Waals surface area contributed by atoms with E-state index in [2.05, 4.69) is 156 Å². The quantitative estimate of drug-likeness (QED) is 0.325. The number of rotatable bonds is 0. The van der Waals surface area contributed by atoms with Gasteiger partial charge in [-0.25, -0.2) is 0 Å². The molecule has 220 valence electrons. The lowest BCUT2D eigenvalue weighted by Gasteiger charge is -2.31. The van der Waals surface area contributed by atoms with Crippen molar-refractivity contribution in [2.75, 3.05) is 0 Å². The van der Waals surface area contributed by atoms with Crippen molar-refractivity contribution in [1.82, 2.24) is 0 Å². The van der Waals surface area contributed by atoms with Crippen molar-refractivity contribution in [1.29, 1.82) is 0 Å². The van der Waals surface area contributed by atoms with Crippen LogP contribution in [-0.4, -0.2) is 11.6 Å². The number of Topliss-reactive ketones (excluding diaryl/α,β-unsaturated/α-hetero) is 2. The van der Waals surface area contributed by atoms with E-state index in [9.17, 15) is 9.59 Å². The molecule has 0 fully saturated rings. The summed E-state index contributed by atoms with van der Waals surface area (Å²) in [6, 6.07) is 17.2. The highest BCUT2D eigenvalue weighted by molar-refractivity contribution is 6.15. The van der Waals surface area contributed by atoms with Crippen LogP contribution in [0.3, 0.4) is 0 Å². The van der Waals surface area contributed by atoms with E-state index in [0.29, 0.717) is 0 Å². The molecule has 0 saturated heterocycles. The second-order valence-corrected chi connectivity index (χ2v) is 16.0. The molecule has 0 aliphatic heterocycles. The van der Waals surface area contributed by atoms with Crippen LogP contribution < -0.4 is 10.4 Å². The largest absolute Gasteiger partial charge is 0.289 e. The molecule has 2 aliphatic carbocycles. The van der Waals surface area contributed by atoms with Gasteiger partial charge in [-0.2, -0.15) is 0 Å². The summed E-state index contributed by atoms with van der Waals surface area (Å²) in [5, 5.41) is 4.49. The van der Waals surface area contributed by atoms with Crippen molar-refractivity contribution >= 4 is 22.7 Å². The molecular formula is C40H48O2. The van der Waals surface area contributed by atoms with E-state index in [0.717, 1.165) is 54.3 Å². The molecule has 0 spiro atoms. The second-order valence-electron chi connectivity index (χ2n) is 16.0. The van der Waals surface area contributed by atoms with Gasteiger partial charge in [0.15, 0.2) is 11.6 Å². The molecule has 4 rings (SSSR count). The van der Waals surface area contributed by atoms with E-state index in [-0.39, 0.29) is 33.2 Å². The first-order valence-corrected chi connectivity index (χ1v) is 15.1. The van der Waals surface area contributed by atoms with E-state index in [4.69, 9.17) is 0 Å². The number of benzene rings is 2. The molecule has 2 aromatic rings. The van der Waals surface area contributed by atoms with Crippen molar-refractivity contribution in [3.63, 3.8) is 0 Å². The molecule has 0 aromatic heterocycles. The lowest BCUT2D eigenvalue weighted by atomic mass is 9.71. The third kappa shape index (κ3) is 6.43. The van der Waals surface area contributed by atoms with Gasteiger partial charge in [-0.05, 0) is 78.0 Å². The standard InChI is InChI=1S/C40H48O2/c1-37(2,3)31-21-29(22-32(35(31)41)38(4,5)6)27-17-13-25(14-18-27)26-15-19-28(20-16-26)30-23-33(39(7,8)9)36(42)34(24-30)40(10,11)12/h13-24H,1-12H3. The molecule has 0 radical (unpaired) electrons. The monoisotopic (exact) mass is 560 g/mol. The van der Waals surface area contributed by atoms with Crippen LogP contribution in [0.4, 0.5) is 0 Å². The highest BCUT2D eigenvalue weighted by Crippen LogP contribution is 2.40. The zero-order valence-electron chi connectivity index (χ0n) is 27.7. The number of carbonyl (C=O) groups is 2. The third-order valence-corrected chi connectivity index (χ3v) is 8.18. The van der Waals surface area contributed by atoms with E-state index in [1.54, 1.807) is 0 Å². The van der Waals surface area contributed by atoms with Crippen molar-refractivity contribution in [3.8, 4) is 0 Å². The zero-order chi connectivity index (χ0) is 31.4. The Kier molecular flexibility index (Phi) is 7.96. The highest BCUT2D eigenvalue weighted by Gasteiger charge is 2.35. The molecule has 0 saturated carbocycles. The molecule has 0 heterocycles. The average molecular weight is 561 g/mol. The summed E-state index contributed by atoms with van der Waals surface area (Å²) in [7, 11) is 0. The fourth-order valence-corrected chi connectivity index (χ4v) is 5.53. The molecule has 2 nitrogen and oxygen atoms in total. The number of carbonyl (C=O) groups excluding carboxylic acids is 2. The third-order valence-electron chi connectivity index (χ3n) is 8.18. The maximum absolute atomic E-state index is 13.4. The molecule has 2 aliphatic rings. The Labute approximate surface area is 252 Å². The van der Waals surface area contributed by atoms with E-state index < -0.39 is 0 Å². The molecule has 0 amide bonds. The fourth-order valence-electron chi connectivity index (χ4n) is 5.53. The lowest BCUT2D eigenvalue weighted by Crippen LogP contribution is -2.28. The molecule has 42 heavy (non-hydrogen) atoms. The van der Waals surface area contributed by atoms with Gasteiger partial charge >= 0.3 is 0 Å². The minimum Gasteiger partial charge on any atom is -0.289 e. The van der Waals surface area contributed by atoms with Crippen molar-refractivity contribution < 1.29 is 9.59 Å². The minimum absolute atomic E-state index is 0.157. The first-order valence-electron chi connectivity index (χ1n) is 15.1. The summed E-state index contributed by atoms with van der Waals surface area (Å²) < 4.78 is 0. The Morgan fingerprint density at radius 1 is 0.333 bits per heavy atom. The van der Waals surface area contributed by atoms with Crippen molar-refractivity contribution in [2.45, 2.75) is 83.1 Å². The summed E-state index contributed by atoms with van der Waals surface area (Å²) in [4.78, 5) is 26.7. The summed E-state index contributed by atoms with van der Waals surface area (Å²) >= 11 is 0. The van der Waals surface area contributed by atoms with Crippen LogP contribution in [0.15, 0.2) is 95.1 Å². The predicted octanol–water partition coefficient (Wildman–Crippen LogP) is 8.33. The predicted molar refractivity (Wildman–Crippen MR) is 177 cm³/mol. The van der Waals surface area contributed by atoms with E-state index in [1.807, 2.05) is 0 Å². The van der Waals surface area contributed by atoms with Gasteiger partial charge < -0.3 is 0 Å². The first-order chi connectivity index (χ1) is 19.2. The Hall–Kier alpha value is -3.52. The highest BCUT2D eigenvalue weighted by atomic mass is 16.1. The van der Waals surface area contributed by atoms with Gasteiger partial charge in [0.2, 0.25) is 0 Å². The molecular weight excluding hydrogens is 512 g/mol. The van der Waals surface area contributed by atoms with Gasteiger partial charge in [0.1, 0.15) is 0 Å². The molecule has 0 bridgehead atoms. The normalized spacial score (nSPS) is 17.1. The van der Waals surface area contributed by atoms with Gasteiger partial charge in [-0.15, -0.1) is 0 Å². The summed E-state index contributed by atoms with van der Waals surface area (Å²) in [6.45, 7) is 25.3. The SMILES string of the molecule is CC(C)(C)C1=CC(=c2ccc(=c3ccc(=C4C=C(C(C)(C)C)C(=O)C(C(C)(C)C)=C4)cc3)cc2)C=C(C(C)(C)C)C1=O. The average Bonchev–Trinajstić information content (AvgIpc) is 2.86. The van der Waals surface area contributed by atoms with Gasteiger partial charge in [0, 0.05) is 22.3 Å². The molecule has 2 aromatic carbocycles. The van der Waals surface area contributed by atoms with Crippen molar-refractivity contribution in [3.05, 3.63) is 116 Å². The number of ketones is 2. The van der Waals surface area contributed by atoms with Gasteiger partial charge in [-0.1, -0.05) is 132 Å². The topological polar surface area (TPSA) is 34.1 Å². The van der Waals surface area contributed by atoms with Gasteiger partial charge in [-0.3, -0.25) is 9.59 Å². The summed E-state index contributed by atoms with van der Waals surface area (Å²) in [5.74, 6) is 0.314. The Morgan fingerprint density at radius 2 is 0.524 bits per heavy atom. The molecule has 0 unspecified atom stereocenters. The first kappa shape index (κ1) is 31.4. The maximum Gasteiger partial charge on any atom is 0.186 e. The fraction of sp³-hybridized carbons (Fsp3) is 0.400. The van der Waals surface area contributed by atoms with Gasteiger partial charge in [0.05, 0.1) is 0 Å². The van der Waals surface area contributed by atoms with Crippen LogP contribution in [0.5, 0.6) is 0 Å². The molecule has 0 atom stereocenters. The van der Waals surface area contributed by atoms with Gasteiger partial charge in [0.25, 0.3) is 0 Å². The number of hydrogen-bond donors (Lipinski definition) is 0. The summed E-state index contributed by atoms with van der Waals surface area (Å²) in [6.07, 6.45) is 8.30. The second kappa shape index (κ2) is 10.6. The van der Waals surface area contributed by atoms with E-state index in [1.165, 1.54) is 0 Å². The van der Waals surface area contributed by atoms with Crippen LogP contribution >= 0.6 is 0 Å². The van der Waals surface area contributed by atoms with Crippen LogP contribution in [0, 0.1) is 32.1 Å². The minimum atomic E-state index is -0.232. The van der Waals surface area contributed by atoms with Crippen LogP contribution in [0.1, 0.15) is 83.1 Å². The van der Waals surface area contributed by atoms with Crippen molar-refractivity contribution in [2.24, 2.45) is 21.7 Å². The Balaban J connectivity index is 1.87. The lowest BCUT2D eigenvalue weighted by molar-refractivity contribution is -0.114. The molecule has 0 N–H and O–H groups in total. The van der Waals surface area contributed by atoms with E-state index >= 15 is 0 Å². The Morgan fingerprint density at radius 3 is 0.714 bits per heavy atom. The zero-order valence-corrected chi connectivity index (χ0v) is 27.7. The Bertz CT molecular complexity index is 1550. The van der Waals surface area contributed by atoms with Crippen LogP contribution in [0.25, 0.3) is 11.1 Å². The van der Waals surface area contributed by atoms with Crippen LogP contribution in [0.2, 0.25) is 0 Å². The maximum atomic E-state index is 13.4. The number of allylic oxidation sites excluding steroid dienone is 8.